The summed E-state index contributed by atoms with van der Waals surface area (Å²) in [7, 11) is 0. The van der Waals surface area contributed by atoms with Crippen LogP contribution in [-0.2, 0) is 0 Å². The SMILES string of the molecule is Cc1cc(C)c(-c2ccc3c(c2)c(=O)c2cc(-c4c(C)cc(C)cc4C)cc4c(=O)c5cc6c(=O)c7cc(-c8c(C)cc(C)cc8C)cc8c(=O)c9cc(-c%10c(C)cc(C)cc%10C)ccc9n(c6cc5n3c24)c87)c(C)c1. The summed E-state index contributed by atoms with van der Waals surface area (Å²) in [5.74, 6) is 0. The number of hydrogen-bond donors (Lipinski definition) is 0. The van der Waals surface area contributed by atoms with Gasteiger partial charge < -0.3 is 8.80 Å². The Balaban J connectivity index is 1.24. The standard InChI is InChI=1S/C70H56N2O4/c1-33-17-37(5)61(38(6)18-33)45-13-15-57-49(25-45)67(73)53-27-47(63-41(9)21-35(3)22-42(63)10)29-55-65(53)71(57)59-32-60-52(31-51(59)69(55)75)70(76)56-30-48(64-43(11)23-36(4)24-44(64)12)28-54-66(56)72(60)58-16-14-46(26-50(58)68(54)74)62-39(7)19-34(2)20-40(62)8/h13-32H,1-12H3. The molecule has 0 atom stereocenters. The average Bonchev–Trinajstić information content (AvgIpc) is 3.47. The largest absolute Gasteiger partial charge is 0.307 e. The van der Waals surface area contributed by atoms with Crippen LogP contribution in [0.3, 0.4) is 0 Å². The van der Waals surface area contributed by atoms with Crippen LogP contribution in [0.4, 0.5) is 0 Å². The van der Waals surface area contributed by atoms with Crippen molar-refractivity contribution in [3.63, 3.8) is 0 Å². The Bertz CT molecular complexity index is 4680. The molecule has 6 nitrogen and oxygen atoms in total. The van der Waals surface area contributed by atoms with E-state index in [9.17, 15) is 0 Å². The molecule has 0 N–H and O–H groups in total. The molecule has 4 heterocycles. The van der Waals surface area contributed by atoms with Crippen LogP contribution in [0.5, 0.6) is 0 Å². The van der Waals surface area contributed by atoms with Gasteiger partial charge in [-0.25, -0.2) is 0 Å². The molecule has 6 heteroatoms. The van der Waals surface area contributed by atoms with E-state index in [-0.39, 0.29) is 21.7 Å². The Morgan fingerprint density at radius 3 is 0.750 bits per heavy atom. The molecule has 0 saturated carbocycles. The zero-order valence-electron chi connectivity index (χ0n) is 45.1. The third kappa shape index (κ3) is 6.65. The van der Waals surface area contributed by atoms with Gasteiger partial charge in [0.1, 0.15) is 0 Å². The molecule has 0 unspecified atom stereocenters. The van der Waals surface area contributed by atoms with Crippen LogP contribution < -0.4 is 21.7 Å². The van der Waals surface area contributed by atoms with E-state index in [4.69, 9.17) is 0 Å². The van der Waals surface area contributed by atoms with Crippen molar-refractivity contribution in [2.24, 2.45) is 0 Å². The first kappa shape index (κ1) is 47.0. The number of rotatable bonds is 4. The molecule has 0 aliphatic heterocycles. The predicted octanol–water partition coefficient (Wildman–Crippen LogP) is 15.8. The molecule has 0 aliphatic carbocycles. The van der Waals surface area contributed by atoms with Crippen molar-refractivity contribution in [3.8, 4) is 44.5 Å². The van der Waals surface area contributed by atoms with Gasteiger partial charge in [-0.2, -0.15) is 0 Å². The first-order chi connectivity index (χ1) is 36.3. The lowest BCUT2D eigenvalue weighted by atomic mass is 9.90. The number of aryl methyl sites for hydroxylation is 12. The first-order valence-electron chi connectivity index (χ1n) is 26.2. The van der Waals surface area contributed by atoms with Gasteiger partial charge in [0.2, 0.25) is 0 Å². The number of pyridine rings is 4. The predicted molar refractivity (Wildman–Crippen MR) is 319 cm³/mol. The molecule has 0 radical (unpaired) electrons. The van der Waals surface area contributed by atoms with Gasteiger partial charge in [0, 0.05) is 43.1 Å². The molecule has 76 heavy (non-hydrogen) atoms. The number of benzene rings is 9. The van der Waals surface area contributed by atoms with E-state index in [1.807, 2.05) is 54.6 Å². The monoisotopic (exact) mass is 988 g/mol. The van der Waals surface area contributed by atoms with Crippen LogP contribution in [0.25, 0.3) is 121 Å². The summed E-state index contributed by atoms with van der Waals surface area (Å²) in [6.07, 6.45) is 0. The maximum absolute atomic E-state index is 15.7. The minimum absolute atomic E-state index is 0.160. The van der Waals surface area contributed by atoms with E-state index in [2.05, 4.69) is 153 Å². The normalized spacial score (nSPS) is 12.2. The average molecular weight is 989 g/mol. The van der Waals surface area contributed by atoms with Crippen LogP contribution >= 0.6 is 0 Å². The lowest BCUT2D eigenvalue weighted by Crippen LogP contribution is -2.17. The molecule has 4 aromatic heterocycles. The molecule has 13 aromatic rings. The number of nitrogens with zero attached hydrogens (tertiary/aromatic N) is 2. The molecule has 370 valence electrons. The van der Waals surface area contributed by atoms with Crippen LogP contribution in [0.2, 0.25) is 0 Å². The summed E-state index contributed by atoms with van der Waals surface area (Å²) >= 11 is 0. The Hall–Kier alpha value is -8.74. The van der Waals surface area contributed by atoms with Crippen molar-refractivity contribution in [1.29, 1.82) is 0 Å². The fourth-order valence-electron chi connectivity index (χ4n) is 14.0. The summed E-state index contributed by atoms with van der Waals surface area (Å²) in [5.41, 5.74) is 23.4. The minimum atomic E-state index is -0.269. The van der Waals surface area contributed by atoms with Crippen LogP contribution in [0, 0.1) is 83.1 Å². The van der Waals surface area contributed by atoms with Gasteiger partial charge in [-0.3, -0.25) is 19.2 Å². The molecule has 0 bridgehead atoms. The van der Waals surface area contributed by atoms with Crippen molar-refractivity contribution in [3.05, 3.63) is 229 Å². The molecule has 0 saturated heterocycles. The van der Waals surface area contributed by atoms with Gasteiger partial charge in [0.05, 0.1) is 33.1 Å². The van der Waals surface area contributed by atoms with E-state index < -0.39 is 0 Å². The zero-order chi connectivity index (χ0) is 53.2. The molecular formula is C70H56N2O4. The molecular weight excluding hydrogens is 933 g/mol. The molecule has 0 aliphatic rings. The van der Waals surface area contributed by atoms with Crippen molar-refractivity contribution in [2.45, 2.75) is 83.1 Å². The van der Waals surface area contributed by atoms with E-state index >= 15 is 19.2 Å². The molecule has 0 amide bonds. The van der Waals surface area contributed by atoms with Crippen molar-refractivity contribution >= 4 is 76.2 Å². The van der Waals surface area contributed by atoms with Gasteiger partial charge in [-0.15, -0.1) is 0 Å². The van der Waals surface area contributed by atoms with Crippen LogP contribution in [-0.4, -0.2) is 8.80 Å². The van der Waals surface area contributed by atoms with Crippen LogP contribution in [0.15, 0.2) is 141 Å². The quantitative estimate of drug-likeness (QED) is 0.130. The van der Waals surface area contributed by atoms with E-state index in [1.165, 1.54) is 11.1 Å². The Labute approximate surface area is 439 Å². The lowest BCUT2D eigenvalue weighted by molar-refractivity contribution is 1.28. The highest BCUT2D eigenvalue weighted by Crippen LogP contribution is 2.40. The van der Waals surface area contributed by atoms with Gasteiger partial charge in [0.25, 0.3) is 0 Å². The minimum Gasteiger partial charge on any atom is -0.307 e. The van der Waals surface area contributed by atoms with E-state index in [0.29, 0.717) is 76.2 Å². The van der Waals surface area contributed by atoms with Gasteiger partial charge in [-0.1, -0.05) is 82.9 Å². The number of fused-ring (bicyclic) bond motifs is 8. The third-order valence-corrected chi connectivity index (χ3v) is 16.6. The summed E-state index contributed by atoms with van der Waals surface area (Å²) in [5, 5.41) is 3.41. The number of hydrogen-bond acceptors (Lipinski definition) is 4. The molecule has 13 rings (SSSR count). The second-order valence-electron chi connectivity index (χ2n) is 22.3. The van der Waals surface area contributed by atoms with Crippen molar-refractivity contribution < 1.29 is 0 Å². The summed E-state index contributed by atoms with van der Waals surface area (Å²) in [4.78, 5) is 62.3. The highest BCUT2D eigenvalue weighted by atomic mass is 16.1. The second-order valence-corrected chi connectivity index (χ2v) is 22.3. The Morgan fingerprint density at radius 2 is 0.474 bits per heavy atom. The van der Waals surface area contributed by atoms with Crippen LogP contribution in [0.1, 0.15) is 66.8 Å². The second kappa shape index (κ2) is 16.4. The fraction of sp³-hybridized carbons (Fsp3) is 0.171. The highest BCUT2D eigenvalue weighted by Gasteiger charge is 2.25. The van der Waals surface area contributed by atoms with Crippen molar-refractivity contribution in [2.75, 3.05) is 0 Å². The van der Waals surface area contributed by atoms with E-state index in [1.54, 1.807) is 6.07 Å². The van der Waals surface area contributed by atoms with E-state index in [0.717, 1.165) is 100 Å². The molecule has 0 fully saturated rings. The molecule has 0 spiro atoms. The number of aromatic nitrogens is 2. The van der Waals surface area contributed by atoms with Gasteiger partial charge >= 0.3 is 0 Å². The summed E-state index contributed by atoms with van der Waals surface area (Å²) < 4.78 is 4.15. The summed E-state index contributed by atoms with van der Waals surface area (Å²) in [6, 6.07) is 41.0. The Morgan fingerprint density at radius 1 is 0.237 bits per heavy atom. The van der Waals surface area contributed by atoms with Crippen molar-refractivity contribution in [1.82, 2.24) is 8.80 Å². The maximum atomic E-state index is 15.7. The zero-order valence-corrected chi connectivity index (χ0v) is 45.1. The van der Waals surface area contributed by atoms with Gasteiger partial charge in [0.15, 0.2) is 21.7 Å². The molecule has 9 aromatic carbocycles. The smallest absolute Gasteiger partial charge is 0.197 e. The lowest BCUT2D eigenvalue weighted by Gasteiger charge is -2.20. The summed E-state index contributed by atoms with van der Waals surface area (Å²) in [6.45, 7) is 25.1. The fourth-order valence-corrected chi connectivity index (χ4v) is 14.0. The Kier molecular flexibility index (Phi) is 10.1. The van der Waals surface area contributed by atoms with Gasteiger partial charge in [-0.05, 0) is 233 Å². The topological polar surface area (TPSA) is 77.1 Å². The third-order valence-electron chi connectivity index (χ3n) is 16.6. The first-order valence-corrected chi connectivity index (χ1v) is 26.2. The maximum Gasteiger partial charge on any atom is 0.197 e. The highest BCUT2D eigenvalue weighted by molar-refractivity contribution is 6.15.